The molecule has 1 aliphatic rings. The van der Waals surface area contributed by atoms with Gasteiger partial charge >= 0.3 is 0 Å². The number of terminal acetylenes is 1. The first kappa shape index (κ1) is 23.3. The molecule has 7 heteroatoms. The summed E-state index contributed by atoms with van der Waals surface area (Å²) in [7, 11) is 0. The number of carbonyl (C=O) groups is 1. The van der Waals surface area contributed by atoms with Crippen molar-refractivity contribution < 1.29 is 13.9 Å². The van der Waals surface area contributed by atoms with Crippen molar-refractivity contribution in [1.82, 2.24) is 4.98 Å². The van der Waals surface area contributed by atoms with Gasteiger partial charge in [-0.3, -0.25) is 9.59 Å². The molecule has 0 fully saturated rings. The lowest BCUT2D eigenvalue weighted by molar-refractivity contribution is -0.120. The molecule has 0 saturated heterocycles. The molecule has 3 N–H and O–H groups in total. The number of ether oxygens (including phenoxy) is 1. The number of nitrogens with one attached hydrogen (secondary N) is 1. The van der Waals surface area contributed by atoms with Crippen LogP contribution in [0.25, 0.3) is 0 Å². The Balaban J connectivity index is 1.52. The number of hydrogen-bond acceptors (Lipinski definition) is 4. The first-order valence-electron chi connectivity index (χ1n) is 11.1. The van der Waals surface area contributed by atoms with Crippen molar-refractivity contribution in [3.63, 3.8) is 0 Å². The molecule has 1 unspecified atom stereocenters. The SMILES string of the molecule is C#CCOc1ccc(CC(N)C(=O)N2c3cc(Cc4ccc(F)cc4)c(=O)[nH]c3C[C@@H]2C)cc1. The highest BCUT2D eigenvalue weighted by Crippen LogP contribution is 2.31. The summed E-state index contributed by atoms with van der Waals surface area (Å²) in [6.07, 6.45) is 6.44. The minimum absolute atomic E-state index is 0.134. The zero-order chi connectivity index (χ0) is 24.2. The van der Waals surface area contributed by atoms with Gasteiger partial charge in [-0.25, -0.2) is 4.39 Å². The molecule has 2 atom stereocenters. The Labute approximate surface area is 197 Å². The summed E-state index contributed by atoms with van der Waals surface area (Å²) >= 11 is 0. The molecule has 1 aliphatic heterocycles. The van der Waals surface area contributed by atoms with Gasteiger partial charge in [-0.05, 0) is 54.8 Å². The molecule has 2 heterocycles. The molecule has 1 amide bonds. The Morgan fingerprint density at radius 1 is 1.24 bits per heavy atom. The summed E-state index contributed by atoms with van der Waals surface area (Å²) < 4.78 is 18.6. The van der Waals surface area contributed by atoms with E-state index in [1.54, 1.807) is 35.2 Å². The number of aromatic nitrogens is 1. The van der Waals surface area contributed by atoms with Gasteiger partial charge < -0.3 is 20.4 Å². The summed E-state index contributed by atoms with van der Waals surface area (Å²) in [4.78, 5) is 30.6. The fraction of sp³-hybridized carbons (Fsp3) is 0.259. The number of anilines is 1. The molecule has 1 aromatic heterocycles. The summed E-state index contributed by atoms with van der Waals surface area (Å²) in [6.45, 7) is 2.12. The largest absolute Gasteiger partial charge is 0.481 e. The molecular formula is C27H26FN3O3. The predicted molar refractivity (Wildman–Crippen MR) is 129 cm³/mol. The predicted octanol–water partition coefficient (Wildman–Crippen LogP) is 2.96. The van der Waals surface area contributed by atoms with E-state index in [2.05, 4.69) is 10.9 Å². The molecule has 0 radical (unpaired) electrons. The van der Waals surface area contributed by atoms with E-state index in [9.17, 15) is 14.0 Å². The maximum atomic E-state index is 13.3. The van der Waals surface area contributed by atoms with Crippen LogP contribution in [0.1, 0.15) is 29.3 Å². The number of hydrogen-bond donors (Lipinski definition) is 2. The Hall–Kier alpha value is -3.89. The van der Waals surface area contributed by atoms with E-state index in [4.69, 9.17) is 16.9 Å². The summed E-state index contributed by atoms with van der Waals surface area (Å²) in [5, 5.41) is 0. The Kier molecular flexibility index (Phi) is 6.80. The quantitative estimate of drug-likeness (QED) is 0.532. The number of aromatic amines is 1. The van der Waals surface area contributed by atoms with Gasteiger partial charge in [0.05, 0.1) is 11.7 Å². The average molecular weight is 460 g/mol. The van der Waals surface area contributed by atoms with E-state index in [-0.39, 0.29) is 29.9 Å². The van der Waals surface area contributed by atoms with Crippen LogP contribution in [0, 0.1) is 18.2 Å². The van der Waals surface area contributed by atoms with Crippen LogP contribution in [-0.4, -0.2) is 29.6 Å². The Bertz CT molecular complexity index is 1280. The minimum Gasteiger partial charge on any atom is -0.481 e. The van der Waals surface area contributed by atoms with Crippen LogP contribution >= 0.6 is 0 Å². The third kappa shape index (κ3) is 5.03. The van der Waals surface area contributed by atoms with Crippen molar-refractivity contribution in [3.8, 4) is 18.1 Å². The van der Waals surface area contributed by atoms with Gasteiger partial charge in [0.2, 0.25) is 5.91 Å². The van der Waals surface area contributed by atoms with Crippen molar-refractivity contribution >= 4 is 11.6 Å². The van der Waals surface area contributed by atoms with E-state index in [1.807, 2.05) is 19.1 Å². The minimum atomic E-state index is -0.752. The highest BCUT2D eigenvalue weighted by Gasteiger charge is 2.34. The van der Waals surface area contributed by atoms with Gasteiger partial charge in [0, 0.05) is 30.1 Å². The summed E-state index contributed by atoms with van der Waals surface area (Å²) in [5.74, 6) is 2.53. The number of fused-ring (bicyclic) bond motifs is 1. The molecule has 0 bridgehead atoms. The molecule has 0 aliphatic carbocycles. The number of carbonyl (C=O) groups excluding carboxylic acids is 1. The second-order valence-corrected chi connectivity index (χ2v) is 8.50. The Morgan fingerprint density at radius 3 is 2.59 bits per heavy atom. The van der Waals surface area contributed by atoms with Crippen molar-refractivity contribution in [2.75, 3.05) is 11.5 Å². The summed E-state index contributed by atoms with van der Waals surface area (Å²) in [5.41, 5.74) is 9.71. The van der Waals surface area contributed by atoms with E-state index in [0.29, 0.717) is 36.3 Å². The monoisotopic (exact) mass is 459 g/mol. The van der Waals surface area contributed by atoms with Crippen LogP contribution in [0.5, 0.6) is 5.75 Å². The van der Waals surface area contributed by atoms with Crippen LogP contribution in [-0.2, 0) is 24.1 Å². The van der Waals surface area contributed by atoms with Crippen LogP contribution in [0.15, 0.2) is 59.4 Å². The van der Waals surface area contributed by atoms with Crippen LogP contribution in [0.3, 0.4) is 0 Å². The molecule has 174 valence electrons. The van der Waals surface area contributed by atoms with Crippen LogP contribution in [0.2, 0.25) is 0 Å². The maximum Gasteiger partial charge on any atom is 0.251 e. The number of rotatable bonds is 7. The maximum absolute atomic E-state index is 13.3. The second-order valence-electron chi connectivity index (χ2n) is 8.50. The number of nitrogens with two attached hydrogens (primary N) is 1. The van der Waals surface area contributed by atoms with Gasteiger partial charge in [0.1, 0.15) is 18.2 Å². The molecule has 34 heavy (non-hydrogen) atoms. The van der Waals surface area contributed by atoms with Crippen molar-refractivity contribution in [3.05, 3.63) is 93.2 Å². The van der Waals surface area contributed by atoms with E-state index in [1.165, 1.54) is 12.1 Å². The van der Waals surface area contributed by atoms with Crippen LogP contribution in [0.4, 0.5) is 10.1 Å². The highest BCUT2D eigenvalue weighted by molar-refractivity contribution is 5.99. The molecule has 3 aromatic rings. The number of nitrogens with zero attached hydrogens (tertiary/aromatic N) is 1. The molecule has 6 nitrogen and oxygen atoms in total. The van der Waals surface area contributed by atoms with Crippen molar-refractivity contribution in [2.45, 2.75) is 38.3 Å². The van der Waals surface area contributed by atoms with Crippen molar-refractivity contribution in [2.24, 2.45) is 5.73 Å². The molecular weight excluding hydrogens is 433 g/mol. The lowest BCUT2D eigenvalue weighted by Gasteiger charge is -2.26. The zero-order valence-electron chi connectivity index (χ0n) is 18.9. The number of benzene rings is 2. The smallest absolute Gasteiger partial charge is 0.251 e. The van der Waals surface area contributed by atoms with E-state index >= 15 is 0 Å². The average Bonchev–Trinajstić information content (AvgIpc) is 3.14. The van der Waals surface area contributed by atoms with Crippen LogP contribution < -0.4 is 20.9 Å². The number of amides is 1. The third-order valence-corrected chi connectivity index (χ3v) is 5.94. The standard InChI is InChI=1S/C27H26FN3O3/c1-3-12-34-22-10-6-19(7-11-22)15-23(29)27(33)31-17(2)13-24-25(31)16-20(26(32)30-24)14-18-4-8-21(28)9-5-18/h1,4-11,16-17,23H,12-15,29H2,2H3,(H,30,32)/t17-,23?/m0/s1. The molecule has 4 rings (SSSR count). The molecule has 0 saturated carbocycles. The number of H-pyrrole nitrogens is 1. The first-order valence-corrected chi connectivity index (χ1v) is 11.1. The third-order valence-electron chi connectivity index (χ3n) is 5.94. The lowest BCUT2D eigenvalue weighted by atomic mass is 10.0. The van der Waals surface area contributed by atoms with Gasteiger partial charge in [0.15, 0.2) is 0 Å². The molecule has 2 aromatic carbocycles. The highest BCUT2D eigenvalue weighted by atomic mass is 19.1. The topological polar surface area (TPSA) is 88.4 Å². The normalized spacial score (nSPS) is 15.5. The van der Waals surface area contributed by atoms with E-state index in [0.717, 1.165) is 16.8 Å². The second kappa shape index (κ2) is 9.94. The first-order chi connectivity index (χ1) is 16.4. The molecule has 0 spiro atoms. The summed E-state index contributed by atoms with van der Waals surface area (Å²) in [6, 6.07) is 14.2. The lowest BCUT2D eigenvalue weighted by Crippen LogP contribution is -2.47. The zero-order valence-corrected chi connectivity index (χ0v) is 18.9. The van der Waals surface area contributed by atoms with Gasteiger partial charge in [0.25, 0.3) is 5.56 Å². The fourth-order valence-electron chi connectivity index (χ4n) is 4.25. The number of halogens is 1. The Morgan fingerprint density at radius 2 is 1.91 bits per heavy atom. The number of pyridine rings is 1. The van der Waals surface area contributed by atoms with E-state index < -0.39 is 6.04 Å². The fourth-order valence-corrected chi connectivity index (χ4v) is 4.25. The van der Waals surface area contributed by atoms with Gasteiger partial charge in [-0.1, -0.05) is 30.2 Å². The van der Waals surface area contributed by atoms with Crippen molar-refractivity contribution in [1.29, 1.82) is 0 Å². The van der Waals surface area contributed by atoms with Gasteiger partial charge in [-0.15, -0.1) is 6.42 Å². The van der Waals surface area contributed by atoms with Gasteiger partial charge in [-0.2, -0.15) is 0 Å².